The molecule has 1 aromatic carbocycles. The molecule has 0 spiro atoms. The van der Waals surface area contributed by atoms with E-state index in [0.717, 1.165) is 24.8 Å². The summed E-state index contributed by atoms with van der Waals surface area (Å²) in [6.45, 7) is 2.73. The van der Waals surface area contributed by atoms with Crippen LogP contribution in [0.2, 0.25) is 0 Å². The molecule has 1 aliphatic rings. The van der Waals surface area contributed by atoms with Crippen molar-refractivity contribution in [3.63, 3.8) is 0 Å². The van der Waals surface area contributed by atoms with Gasteiger partial charge in [-0.1, -0.05) is 0 Å². The Hall–Kier alpha value is -3.20. The van der Waals surface area contributed by atoms with Gasteiger partial charge in [-0.05, 0) is 12.1 Å². The largest absolute Gasteiger partial charge is 0.452 e. The van der Waals surface area contributed by atoms with E-state index in [-0.39, 0.29) is 11.4 Å². The minimum absolute atomic E-state index is 0.0853. The number of hydrogen-bond donors (Lipinski definition) is 0. The highest BCUT2D eigenvalue weighted by molar-refractivity contribution is 5.66. The maximum Gasteiger partial charge on any atom is 0.272 e. The summed E-state index contributed by atoms with van der Waals surface area (Å²) >= 11 is 0. The number of halogens is 1. The monoisotopic (exact) mass is 358 g/mol. The number of ether oxygens (including phenoxy) is 2. The zero-order valence-electron chi connectivity index (χ0n) is 13.7. The van der Waals surface area contributed by atoms with E-state index >= 15 is 0 Å². The van der Waals surface area contributed by atoms with Crippen molar-refractivity contribution >= 4 is 16.9 Å². The quantitative estimate of drug-likeness (QED) is 0.527. The van der Waals surface area contributed by atoms with Crippen LogP contribution < -0.4 is 9.64 Å². The molecule has 0 atom stereocenters. The van der Waals surface area contributed by atoms with Gasteiger partial charge in [-0.2, -0.15) is 5.10 Å². The van der Waals surface area contributed by atoms with Gasteiger partial charge in [0.25, 0.3) is 5.69 Å². The second kappa shape index (κ2) is 6.60. The van der Waals surface area contributed by atoms with E-state index in [1.54, 1.807) is 16.8 Å². The summed E-state index contributed by atoms with van der Waals surface area (Å²) in [6, 6.07) is 6.86. The number of benzene rings is 1. The van der Waals surface area contributed by atoms with E-state index in [1.807, 2.05) is 12.3 Å². The molecule has 0 aliphatic carbocycles. The molecule has 0 N–H and O–H groups in total. The smallest absolute Gasteiger partial charge is 0.272 e. The molecule has 1 aliphatic heterocycles. The summed E-state index contributed by atoms with van der Waals surface area (Å²) in [7, 11) is 0. The van der Waals surface area contributed by atoms with Crippen LogP contribution in [-0.4, -0.2) is 40.8 Å². The molecule has 26 heavy (non-hydrogen) atoms. The fourth-order valence-electron chi connectivity index (χ4n) is 2.86. The lowest BCUT2D eigenvalue weighted by molar-refractivity contribution is -0.385. The van der Waals surface area contributed by atoms with Crippen molar-refractivity contribution in [1.29, 1.82) is 0 Å². The molecule has 3 aromatic rings. The normalized spacial score (nSPS) is 14.6. The lowest BCUT2D eigenvalue weighted by Gasteiger charge is -2.29. The van der Waals surface area contributed by atoms with Crippen LogP contribution in [-0.2, 0) is 4.74 Å². The summed E-state index contributed by atoms with van der Waals surface area (Å²) in [5, 5.41) is 15.0. The van der Waals surface area contributed by atoms with E-state index in [0.29, 0.717) is 24.5 Å². The van der Waals surface area contributed by atoms with Crippen LogP contribution >= 0.6 is 0 Å². The van der Waals surface area contributed by atoms with Gasteiger partial charge in [0.2, 0.25) is 0 Å². The average Bonchev–Trinajstić information content (AvgIpc) is 3.13. The molecule has 0 radical (unpaired) electrons. The van der Waals surface area contributed by atoms with Gasteiger partial charge in [0.15, 0.2) is 17.3 Å². The average molecular weight is 358 g/mol. The van der Waals surface area contributed by atoms with E-state index in [9.17, 15) is 14.5 Å². The maximum absolute atomic E-state index is 14.2. The first-order valence-corrected chi connectivity index (χ1v) is 8.04. The number of pyridine rings is 1. The fraction of sp³-hybridized carbons (Fsp3) is 0.235. The number of non-ortho nitro benzene ring substituents is 1. The molecule has 134 valence electrons. The summed E-state index contributed by atoms with van der Waals surface area (Å²) < 4.78 is 27.0. The number of nitrogens with zero attached hydrogens (tertiary/aromatic N) is 4. The number of hydrogen-bond acceptors (Lipinski definition) is 6. The zero-order valence-corrected chi connectivity index (χ0v) is 13.7. The van der Waals surface area contributed by atoms with Crippen molar-refractivity contribution in [3.8, 4) is 11.5 Å². The number of rotatable bonds is 4. The summed E-state index contributed by atoms with van der Waals surface area (Å²) in [6.07, 6.45) is 3.50. The van der Waals surface area contributed by atoms with E-state index in [1.165, 1.54) is 12.1 Å². The molecule has 0 unspecified atom stereocenters. The van der Waals surface area contributed by atoms with Crippen LogP contribution in [0.1, 0.15) is 0 Å². The summed E-state index contributed by atoms with van der Waals surface area (Å²) in [5.74, 6) is -0.467. The maximum atomic E-state index is 14.2. The van der Waals surface area contributed by atoms with Crippen LogP contribution in [0.5, 0.6) is 11.5 Å². The highest BCUT2D eigenvalue weighted by Crippen LogP contribution is 2.33. The zero-order chi connectivity index (χ0) is 18.1. The number of nitro groups is 1. The Labute approximate surface area is 147 Å². The first-order chi connectivity index (χ1) is 12.6. The highest BCUT2D eigenvalue weighted by atomic mass is 19.1. The Morgan fingerprint density at radius 2 is 2.00 bits per heavy atom. The van der Waals surface area contributed by atoms with Crippen molar-refractivity contribution in [2.45, 2.75) is 0 Å². The van der Waals surface area contributed by atoms with Crippen molar-refractivity contribution in [3.05, 3.63) is 58.7 Å². The third-order valence-electron chi connectivity index (χ3n) is 4.18. The topological polar surface area (TPSA) is 82.1 Å². The lowest BCUT2D eigenvalue weighted by Crippen LogP contribution is -2.36. The minimum Gasteiger partial charge on any atom is -0.452 e. The van der Waals surface area contributed by atoms with Crippen molar-refractivity contribution in [2.24, 2.45) is 0 Å². The molecule has 8 nitrogen and oxygen atoms in total. The van der Waals surface area contributed by atoms with Crippen LogP contribution in [0, 0.1) is 15.9 Å². The fourth-order valence-corrected chi connectivity index (χ4v) is 2.86. The van der Waals surface area contributed by atoms with Gasteiger partial charge in [0, 0.05) is 25.2 Å². The Morgan fingerprint density at radius 3 is 2.73 bits per heavy atom. The van der Waals surface area contributed by atoms with Gasteiger partial charge in [-0.25, -0.2) is 8.91 Å². The van der Waals surface area contributed by atoms with E-state index in [2.05, 4.69) is 10.00 Å². The Kier molecular flexibility index (Phi) is 4.13. The van der Waals surface area contributed by atoms with Gasteiger partial charge >= 0.3 is 0 Å². The van der Waals surface area contributed by atoms with Crippen LogP contribution in [0.4, 0.5) is 15.8 Å². The van der Waals surface area contributed by atoms with Gasteiger partial charge < -0.3 is 14.4 Å². The second-order valence-electron chi connectivity index (χ2n) is 5.80. The molecular formula is C17H15FN4O4. The van der Waals surface area contributed by atoms with Gasteiger partial charge in [0.05, 0.1) is 42.3 Å². The van der Waals surface area contributed by atoms with Crippen LogP contribution in [0.3, 0.4) is 0 Å². The molecule has 2 aromatic heterocycles. The van der Waals surface area contributed by atoms with Crippen molar-refractivity contribution in [2.75, 3.05) is 31.2 Å². The second-order valence-corrected chi connectivity index (χ2v) is 5.80. The van der Waals surface area contributed by atoms with E-state index in [4.69, 9.17) is 9.47 Å². The molecule has 9 heteroatoms. The predicted molar refractivity (Wildman–Crippen MR) is 91.4 cm³/mol. The number of nitro benzene ring substituents is 1. The van der Waals surface area contributed by atoms with Crippen LogP contribution in [0.15, 0.2) is 42.7 Å². The molecule has 1 fully saturated rings. The first-order valence-electron chi connectivity index (χ1n) is 8.04. The molecule has 0 saturated carbocycles. The molecule has 4 rings (SSSR count). The highest BCUT2D eigenvalue weighted by Gasteiger charge is 2.17. The van der Waals surface area contributed by atoms with E-state index < -0.39 is 10.7 Å². The summed E-state index contributed by atoms with van der Waals surface area (Å²) in [5.41, 5.74) is 1.22. The third kappa shape index (κ3) is 3.04. The van der Waals surface area contributed by atoms with Crippen molar-refractivity contribution < 1.29 is 18.8 Å². The SMILES string of the molecule is O=[N+]([O-])c1ccc(Oc2cc(N3CCOCC3)cn3nccc23)c(F)c1. The lowest BCUT2D eigenvalue weighted by atomic mass is 10.2. The molecule has 0 amide bonds. The summed E-state index contributed by atoms with van der Waals surface area (Å²) in [4.78, 5) is 12.2. The van der Waals surface area contributed by atoms with Gasteiger partial charge in [0.1, 0.15) is 5.52 Å². The number of morpholine rings is 1. The predicted octanol–water partition coefficient (Wildman–Crippen LogP) is 3.01. The Bertz CT molecular complexity index is 969. The van der Waals surface area contributed by atoms with Crippen LogP contribution in [0.25, 0.3) is 5.52 Å². The van der Waals surface area contributed by atoms with Crippen molar-refractivity contribution in [1.82, 2.24) is 9.61 Å². The number of aromatic nitrogens is 2. The number of anilines is 1. The molecule has 1 saturated heterocycles. The van der Waals surface area contributed by atoms with Gasteiger partial charge in [-0.15, -0.1) is 0 Å². The molecular weight excluding hydrogens is 343 g/mol. The Balaban J connectivity index is 1.71. The standard InChI is InChI=1S/C17H15FN4O4/c18-14-9-12(22(23)24)1-2-16(14)26-17-10-13(20-5-7-25-8-6-20)11-21-15(17)3-4-19-21/h1-4,9-11H,5-8H2. The number of fused-ring (bicyclic) bond motifs is 1. The molecule has 0 bridgehead atoms. The van der Waals surface area contributed by atoms with Gasteiger partial charge in [-0.3, -0.25) is 10.1 Å². The minimum atomic E-state index is -0.798. The Morgan fingerprint density at radius 1 is 1.19 bits per heavy atom. The third-order valence-corrected chi connectivity index (χ3v) is 4.18. The first kappa shape index (κ1) is 16.3. The molecule has 3 heterocycles.